The molecular weight excluding hydrogens is 230 g/mol. The highest BCUT2D eigenvalue weighted by molar-refractivity contribution is 5.99. The fourth-order valence-corrected chi connectivity index (χ4v) is 1.72. The summed E-state index contributed by atoms with van der Waals surface area (Å²) in [5.41, 5.74) is 2.03. The highest BCUT2D eigenvalue weighted by Crippen LogP contribution is 2.08. The van der Waals surface area contributed by atoms with Crippen LogP contribution in [0.3, 0.4) is 0 Å². The molecule has 5 nitrogen and oxygen atoms in total. The third-order valence-corrected chi connectivity index (χ3v) is 2.76. The van der Waals surface area contributed by atoms with Gasteiger partial charge in [-0.1, -0.05) is 0 Å². The summed E-state index contributed by atoms with van der Waals surface area (Å²) in [5.74, 6) is -0.235. The number of Topliss-reactive ketones (excluding diaryl/α,β-unsaturated/α-hetero) is 1. The van der Waals surface area contributed by atoms with Gasteiger partial charge in [-0.3, -0.25) is 9.59 Å². The van der Waals surface area contributed by atoms with E-state index in [1.54, 1.807) is 30.1 Å². The molecule has 1 amide bonds. The number of hydrogen-bond donors (Lipinski definition) is 2. The van der Waals surface area contributed by atoms with Crippen molar-refractivity contribution < 1.29 is 9.59 Å². The van der Waals surface area contributed by atoms with E-state index in [0.29, 0.717) is 17.8 Å². The van der Waals surface area contributed by atoms with Crippen LogP contribution in [-0.2, 0) is 13.6 Å². The van der Waals surface area contributed by atoms with Crippen LogP contribution in [0.1, 0.15) is 33.3 Å². The van der Waals surface area contributed by atoms with E-state index in [9.17, 15) is 9.59 Å². The molecule has 18 heavy (non-hydrogen) atoms. The molecular formula is C13H15N3O2. The fourth-order valence-electron chi connectivity index (χ4n) is 1.72. The van der Waals surface area contributed by atoms with Crippen molar-refractivity contribution in [1.82, 2.24) is 14.9 Å². The van der Waals surface area contributed by atoms with E-state index in [2.05, 4.69) is 10.3 Å². The topological polar surface area (TPSA) is 66.9 Å². The minimum Gasteiger partial charge on any atom is -0.367 e. The van der Waals surface area contributed by atoms with Crippen molar-refractivity contribution in [2.75, 3.05) is 0 Å². The van der Waals surface area contributed by atoms with Crippen LogP contribution in [0, 0.1) is 0 Å². The van der Waals surface area contributed by atoms with Crippen LogP contribution in [-0.4, -0.2) is 21.2 Å². The number of carbonyl (C=O) groups excluding carboxylic acids is 2. The fraction of sp³-hybridized carbons (Fsp3) is 0.231. The van der Waals surface area contributed by atoms with E-state index in [4.69, 9.17) is 0 Å². The van der Waals surface area contributed by atoms with Crippen LogP contribution in [0.4, 0.5) is 0 Å². The Labute approximate surface area is 105 Å². The summed E-state index contributed by atoms with van der Waals surface area (Å²) >= 11 is 0. The van der Waals surface area contributed by atoms with Gasteiger partial charge in [0.2, 0.25) is 0 Å². The van der Waals surface area contributed by atoms with Gasteiger partial charge in [0, 0.05) is 37.7 Å². The first kappa shape index (κ1) is 12.2. The molecule has 2 aromatic rings. The van der Waals surface area contributed by atoms with E-state index in [1.165, 1.54) is 6.92 Å². The molecule has 0 aliphatic rings. The van der Waals surface area contributed by atoms with E-state index < -0.39 is 0 Å². The molecule has 0 radical (unpaired) electrons. The molecule has 5 heteroatoms. The molecule has 0 bridgehead atoms. The Bertz CT molecular complexity index is 567. The number of rotatable bonds is 4. The molecule has 0 aromatic carbocycles. The summed E-state index contributed by atoms with van der Waals surface area (Å²) in [5, 5.41) is 2.80. The highest BCUT2D eigenvalue weighted by Gasteiger charge is 2.13. The second-order valence-corrected chi connectivity index (χ2v) is 4.18. The molecule has 2 N–H and O–H groups in total. The second kappa shape index (κ2) is 4.91. The third kappa shape index (κ3) is 2.51. The van der Waals surface area contributed by atoms with Crippen LogP contribution in [0.2, 0.25) is 0 Å². The predicted octanol–water partition coefficient (Wildman–Crippen LogP) is 1.49. The number of hydrogen-bond acceptors (Lipinski definition) is 2. The number of ketones is 1. The van der Waals surface area contributed by atoms with E-state index in [1.807, 2.05) is 12.3 Å². The first-order valence-corrected chi connectivity index (χ1v) is 5.65. The number of H-pyrrole nitrogens is 1. The largest absolute Gasteiger partial charge is 0.367 e. The van der Waals surface area contributed by atoms with Crippen LogP contribution >= 0.6 is 0 Å². The minimum absolute atomic E-state index is 0.0460. The average Bonchev–Trinajstić information content (AvgIpc) is 2.94. The van der Waals surface area contributed by atoms with Gasteiger partial charge in [-0.2, -0.15) is 0 Å². The molecule has 0 spiro atoms. The lowest BCUT2D eigenvalue weighted by atomic mass is 10.2. The second-order valence-electron chi connectivity index (χ2n) is 4.18. The quantitative estimate of drug-likeness (QED) is 0.801. The lowest BCUT2D eigenvalue weighted by Gasteiger charge is -2.04. The summed E-state index contributed by atoms with van der Waals surface area (Å²) in [6, 6.07) is 3.50. The van der Waals surface area contributed by atoms with Gasteiger partial charge in [-0.25, -0.2) is 0 Å². The zero-order chi connectivity index (χ0) is 13.1. The van der Waals surface area contributed by atoms with Gasteiger partial charge < -0.3 is 14.9 Å². The van der Waals surface area contributed by atoms with Crippen molar-refractivity contribution in [2.24, 2.45) is 7.05 Å². The summed E-state index contributed by atoms with van der Waals surface area (Å²) in [6.45, 7) is 1.94. The minimum atomic E-state index is -0.189. The van der Waals surface area contributed by atoms with Crippen LogP contribution in [0.5, 0.6) is 0 Å². The van der Waals surface area contributed by atoms with E-state index >= 15 is 0 Å². The maximum Gasteiger partial charge on any atom is 0.268 e. The van der Waals surface area contributed by atoms with E-state index in [-0.39, 0.29) is 11.7 Å². The zero-order valence-electron chi connectivity index (χ0n) is 10.4. The molecule has 0 unspecified atom stereocenters. The van der Waals surface area contributed by atoms with Crippen molar-refractivity contribution in [2.45, 2.75) is 13.5 Å². The number of amides is 1. The number of aromatic nitrogens is 2. The summed E-state index contributed by atoms with van der Waals surface area (Å²) in [4.78, 5) is 26.1. The van der Waals surface area contributed by atoms with Gasteiger partial charge >= 0.3 is 0 Å². The smallest absolute Gasteiger partial charge is 0.268 e. The first-order valence-electron chi connectivity index (χ1n) is 5.65. The highest BCUT2D eigenvalue weighted by atomic mass is 16.2. The maximum atomic E-state index is 11.9. The molecule has 0 saturated carbocycles. The van der Waals surface area contributed by atoms with Gasteiger partial charge in [0.25, 0.3) is 5.91 Å². The Morgan fingerprint density at radius 1 is 1.44 bits per heavy atom. The molecule has 0 aliphatic heterocycles. The number of carbonyl (C=O) groups is 2. The van der Waals surface area contributed by atoms with Crippen molar-refractivity contribution in [3.8, 4) is 0 Å². The van der Waals surface area contributed by atoms with Crippen LogP contribution < -0.4 is 5.32 Å². The molecule has 0 fully saturated rings. The number of aryl methyl sites for hydroxylation is 1. The van der Waals surface area contributed by atoms with Gasteiger partial charge in [0.15, 0.2) is 5.78 Å². The number of nitrogens with zero attached hydrogens (tertiary/aromatic N) is 1. The Morgan fingerprint density at radius 3 is 2.78 bits per heavy atom. The average molecular weight is 245 g/mol. The van der Waals surface area contributed by atoms with Crippen molar-refractivity contribution in [1.29, 1.82) is 0 Å². The number of nitrogens with one attached hydrogen (secondary N) is 2. The van der Waals surface area contributed by atoms with Gasteiger partial charge in [0.1, 0.15) is 5.69 Å². The SMILES string of the molecule is CC(=O)c1cc(C(=O)NCc2cc[nH]c2)n(C)c1. The molecule has 0 atom stereocenters. The molecule has 0 saturated heterocycles. The normalized spacial score (nSPS) is 10.3. The molecule has 2 heterocycles. The standard InChI is InChI=1S/C13H15N3O2/c1-9(17)11-5-12(16(2)8-11)13(18)15-7-10-3-4-14-6-10/h3-6,8,14H,7H2,1-2H3,(H,15,18). The molecule has 2 rings (SSSR count). The maximum absolute atomic E-state index is 11.9. The van der Waals surface area contributed by atoms with E-state index in [0.717, 1.165) is 5.56 Å². The lowest BCUT2D eigenvalue weighted by molar-refractivity contribution is 0.0942. The van der Waals surface area contributed by atoms with Gasteiger partial charge in [-0.15, -0.1) is 0 Å². The van der Waals surface area contributed by atoms with Crippen molar-refractivity contribution in [3.05, 3.63) is 47.5 Å². The molecule has 94 valence electrons. The van der Waals surface area contributed by atoms with Crippen LogP contribution in [0.25, 0.3) is 0 Å². The Kier molecular flexibility index (Phi) is 3.32. The van der Waals surface area contributed by atoms with Crippen LogP contribution in [0.15, 0.2) is 30.7 Å². The number of aromatic amines is 1. The Hall–Kier alpha value is -2.30. The van der Waals surface area contributed by atoms with Crippen molar-refractivity contribution >= 4 is 11.7 Å². The Balaban J connectivity index is 2.06. The van der Waals surface area contributed by atoms with Crippen molar-refractivity contribution in [3.63, 3.8) is 0 Å². The summed E-state index contributed by atoms with van der Waals surface area (Å²) < 4.78 is 1.66. The molecule has 0 aliphatic carbocycles. The summed E-state index contributed by atoms with van der Waals surface area (Å²) in [6.07, 6.45) is 5.29. The Morgan fingerprint density at radius 2 is 2.22 bits per heavy atom. The van der Waals surface area contributed by atoms with Gasteiger partial charge in [-0.05, 0) is 24.6 Å². The first-order chi connectivity index (χ1) is 8.58. The summed E-state index contributed by atoms with van der Waals surface area (Å²) in [7, 11) is 1.75. The lowest BCUT2D eigenvalue weighted by Crippen LogP contribution is -2.24. The molecule has 2 aromatic heterocycles. The third-order valence-electron chi connectivity index (χ3n) is 2.76. The monoisotopic (exact) mass is 245 g/mol. The van der Waals surface area contributed by atoms with Gasteiger partial charge in [0.05, 0.1) is 0 Å². The predicted molar refractivity (Wildman–Crippen MR) is 67.4 cm³/mol. The zero-order valence-corrected chi connectivity index (χ0v) is 10.4.